The van der Waals surface area contributed by atoms with Gasteiger partial charge >= 0.3 is 0 Å². The minimum absolute atomic E-state index is 0.899. The standard InChI is InChI=1S/C23H23O/c1-5-18-14-15-21(19-10-6-16(2)7-11-19)22(23(18)24-4)20-12-8-17(3)9-13-20/h6-13,15H,5H2,1-4H3. The van der Waals surface area contributed by atoms with E-state index in [9.17, 15) is 0 Å². The Kier molecular flexibility index (Phi) is 4.71. The molecule has 0 N–H and O–H groups in total. The highest BCUT2D eigenvalue weighted by atomic mass is 16.5. The Labute approximate surface area is 144 Å². The summed E-state index contributed by atoms with van der Waals surface area (Å²) in [5, 5.41) is 0. The molecule has 0 unspecified atom stereocenters. The van der Waals surface area contributed by atoms with Crippen molar-refractivity contribution in [1.29, 1.82) is 0 Å². The van der Waals surface area contributed by atoms with Gasteiger partial charge in [0.05, 0.1) is 7.11 Å². The molecule has 0 aliphatic heterocycles. The number of ether oxygens (including phenoxy) is 1. The molecule has 0 aromatic heterocycles. The first-order valence-corrected chi connectivity index (χ1v) is 8.39. The first-order chi connectivity index (χ1) is 11.6. The van der Waals surface area contributed by atoms with Crippen LogP contribution in [0.2, 0.25) is 0 Å². The number of aryl methyl sites for hydroxylation is 3. The van der Waals surface area contributed by atoms with Crippen molar-refractivity contribution in [1.82, 2.24) is 0 Å². The molecule has 0 bridgehead atoms. The third kappa shape index (κ3) is 3.07. The van der Waals surface area contributed by atoms with Crippen LogP contribution in [-0.2, 0) is 6.42 Å². The van der Waals surface area contributed by atoms with Crippen molar-refractivity contribution < 1.29 is 4.74 Å². The van der Waals surface area contributed by atoms with Gasteiger partial charge in [0, 0.05) is 11.1 Å². The monoisotopic (exact) mass is 315 g/mol. The molecular weight excluding hydrogens is 292 g/mol. The quantitative estimate of drug-likeness (QED) is 0.573. The van der Waals surface area contributed by atoms with Gasteiger partial charge in [0.25, 0.3) is 0 Å². The Hall–Kier alpha value is -2.54. The fraction of sp³-hybridized carbons (Fsp3) is 0.217. The van der Waals surface area contributed by atoms with Crippen LogP contribution in [0.1, 0.15) is 23.6 Å². The number of methoxy groups -OCH3 is 1. The van der Waals surface area contributed by atoms with E-state index in [0.717, 1.165) is 28.9 Å². The number of benzene rings is 3. The smallest absolute Gasteiger partial charge is 0.131 e. The molecule has 1 radical (unpaired) electrons. The molecule has 0 aliphatic carbocycles. The summed E-state index contributed by atoms with van der Waals surface area (Å²) in [7, 11) is 1.75. The summed E-state index contributed by atoms with van der Waals surface area (Å²) >= 11 is 0. The molecule has 3 aromatic rings. The Morgan fingerprint density at radius 2 is 1.38 bits per heavy atom. The predicted molar refractivity (Wildman–Crippen MR) is 102 cm³/mol. The van der Waals surface area contributed by atoms with Crippen molar-refractivity contribution in [3.05, 3.63) is 77.4 Å². The van der Waals surface area contributed by atoms with Crippen LogP contribution in [0.3, 0.4) is 0 Å². The SMILES string of the molecule is CCc1[c]cc(-c2ccc(C)cc2)c(-c2ccc(C)cc2)c1OC. The van der Waals surface area contributed by atoms with Crippen molar-refractivity contribution in [2.75, 3.05) is 7.11 Å². The van der Waals surface area contributed by atoms with Crippen LogP contribution in [0.15, 0.2) is 54.6 Å². The lowest BCUT2D eigenvalue weighted by Gasteiger charge is -2.18. The average molecular weight is 315 g/mol. The molecule has 0 heterocycles. The van der Waals surface area contributed by atoms with Gasteiger partial charge in [-0.1, -0.05) is 66.6 Å². The summed E-state index contributed by atoms with van der Waals surface area (Å²) in [4.78, 5) is 0. The summed E-state index contributed by atoms with van der Waals surface area (Å²) < 4.78 is 5.81. The second kappa shape index (κ2) is 6.92. The molecule has 0 saturated carbocycles. The van der Waals surface area contributed by atoms with E-state index in [-0.39, 0.29) is 0 Å². The maximum atomic E-state index is 5.81. The lowest BCUT2D eigenvalue weighted by atomic mass is 9.90. The molecule has 0 spiro atoms. The van der Waals surface area contributed by atoms with Gasteiger partial charge in [-0.2, -0.15) is 0 Å². The lowest BCUT2D eigenvalue weighted by Crippen LogP contribution is -1.97. The van der Waals surface area contributed by atoms with Crippen LogP contribution < -0.4 is 4.74 Å². The summed E-state index contributed by atoms with van der Waals surface area (Å²) in [6.07, 6.45) is 0.899. The zero-order chi connectivity index (χ0) is 17.1. The molecule has 1 heteroatoms. The fourth-order valence-electron chi connectivity index (χ4n) is 3.03. The molecule has 1 nitrogen and oxygen atoms in total. The molecule has 121 valence electrons. The Bertz CT molecular complexity index is 827. The maximum Gasteiger partial charge on any atom is 0.131 e. The van der Waals surface area contributed by atoms with Gasteiger partial charge in [0.1, 0.15) is 5.75 Å². The van der Waals surface area contributed by atoms with Crippen molar-refractivity contribution in [2.45, 2.75) is 27.2 Å². The molecule has 0 amide bonds. The molecule has 0 fully saturated rings. The predicted octanol–water partition coefficient (Wildman–Crippen LogP) is 6.01. The van der Waals surface area contributed by atoms with Gasteiger partial charge in [0.15, 0.2) is 0 Å². The highest BCUT2D eigenvalue weighted by molar-refractivity contribution is 5.88. The molecule has 24 heavy (non-hydrogen) atoms. The zero-order valence-corrected chi connectivity index (χ0v) is 14.8. The minimum atomic E-state index is 0.899. The van der Waals surface area contributed by atoms with Crippen LogP contribution in [0, 0.1) is 19.9 Å². The highest BCUT2D eigenvalue weighted by Crippen LogP contribution is 2.41. The molecular formula is C23H23O. The Balaban J connectivity index is 2.28. The molecule has 3 rings (SSSR count). The van der Waals surface area contributed by atoms with Crippen molar-refractivity contribution >= 4 is 0 Å². The lowest BCUT2D eigenvalue weighted by molar-refractivity contribution is 0.412. The van der Waals surface area contributed by atoms with E-state index in [1.54, 1.807) is 7.11 Å². The number of rotatable bonds is 4. The second-order valence-electron chi connectivity index (χ2n) is 6.17. The summed E-state index contributed by atoms with van der Waals surface area (Å²) in [5.74, 6) is 0.930. The summed E-state index contributed by atoms with van der Waals surface area (Å²) in [5.41, 5.74) is 8.31. The van der Waals surface area contributed by atoms with Gasteiger partial charge in [-0.3, -0.25) is 0 Å². The normalized spacial score (nSPS) is 10.7. The van der Waals surface area contributed by atoms with Crippen LogP contribution in [0.5, 0.6) is 5.75 Å². The molecule has 3 aromatic carbocycles. The molecule has 0 saturated heterocycles. The van der Waals surface area contributed by atoms with Gasteiger partial charge in [-0.05, 0) is 49.1 Å². The van der Waals surface area contributed by atoms with E-state index in [1.807, 2.05) is 0 Å². The summed E-state index contributed by atoms with van der Waals surface area (Å²) in [6, 6.07) is 22.8. The van der Waals surface area contributed by atoms with Gasteiger partial charge < -0.3 is 4.74 Å². The van der Waals surface area contributed by atoms with Crippen LogP contribution in [0.25, 0.3) is 22.3 Å². The fourth-order valence-corrected chi connectivity index (χ4v) is 3.03. The van der Waals surface area contributed by atoms with Gasteiger partial charge in [0.2, 0.25) is 0 Å². The van der Waals surface area contributed by atoms with Gasteiger partial charge in [-0.15, -0.1) is 0 Å². The minimum Gasteiger partial charge on any atom is -0.496 e. The Morgan fingerprint density at radius 3 is 1.88 bits per heavy atom. The van der Waals surface area contributed by atoms with E-state index in [1.165, 1.54) is 22.3 Å². The van der Waals surface area contributed by atoms with Crippen LogP contribution in [0.4, 0.5) is 0 Å². The van der Waals surface area contributed by atoms with Crippen molar-refractivity contribution in [3.63, 3.8) is 0 Å². The first-order valence-electron chi connectivity index (χ1n) is 8.39. The highest BCUT2D eigenvalue weighted by Gasteiger charge is 2.16. The molecule has 0 atom stereocenters. The second-order valence-corrected chi connectivity index (χ2v) is 6.17. The van der Waals surface area contributed by atoms with Crippen molar-refractivity contribution in [3.8, 4) is 28.0 Å². The number of hydrogen-bond donors (Lipinski definition) is 0. The van der Waals surface area contributed by atoms with Crippen LogP contribution in [-0.4, -0.2) is 7.11 Å². The Morgan fingerprint density at radius 1 is 0.833 bits per heavy atom. The van der Waals surface area contributed by atoms with E-state index in [2.05, 4.69) is 81.4 Å². The van der Waals surface area contributed by atoms with E-state index < -0.39 is 0 Å². The van der Waals surface area contributed by atoms with E-state index >= 15 is 0 Å². The number of hydrogen-bond acceptors (Lipinski definition) is 1. The van der Waals surface area contributed by atoms with E-state index in [0.29, 0.717) is 0 Å². The first kappa shape index (κ1) is 16.3. The maximum absolute atomic E-state index is 5.81. The third-order valence-corrected chi connectivity index (χ3v) is 4.42. The topological polar surface area (TPSA) is 9.23 Å². The average Bonchev–Trinajstić information content (AvgIpc) is 2.62. The summed E-state index contributed by atoms with van der Waals surface area (Å²) in [6.45, 7) is 6.36. The molecule has 0 aliphatic rings. The van der Waals surface area contributed by atoms with Crippen LogP contribution >= 0.6 is 0 Å². The zero-order valence-electron chi connectivity index (χ0n) is 14.8. The van der Waals surface area contributed by atoms with E-state index in [4.69, 9.17) is 4.74 Å². The van der Waals surface area contributed by atoms with Crippen molar-refractivity contribution in [2.24, 2.45) is 0 Å². The largest absolute Gasteiger partial charge is 0.496 e. The van der Waals surface area contributed by atoms with Gasteiger partial charge in [-0.25, -0.2) is 0 Å². The third-order valence-electron chi connectivity index (χ3n) is 4.42.